The standard InChI is InChI=1S/C28H41FN2O5/c1-16-5-9-19(10-6-16)36-23-12-20(22(35-4)13-21(23)29)26(33)31-25-18-8-7-17(11-18)24(25)27(34)30-14-28(2,3)15-32/h12-13,16-19,24-25,32H,5-11,14-15H2,1-4H3,(H,30,34)(H,31,33)/t16-,17-,18+,19-,24+,25-/m1/s1. The van der Waals surface area contributed by atoms with Crippen LogP contribution in [0.5, 0.6) is 11.5 Å². The van der Waals surface area contributed by atoms with Gasteiger partial charge in [0.05, 0.1) is 24.7 Å². The smallest absolute Gasteiger partial charge is 0.255 e. The summed E-state index contributed by atoms with van der Waals surface area (Å²) in [7, 11) is 1.41. The van der Waals surface area contributed by atoms with E-state index in [4.69, 9.17) is 9.47 Å². The highest BCUT2D eigenvalue weighted by molar-refractivity contribution is 5.98. The molecule has 0 aromatic heterocycles. The molecule has 0 unspecified atom stereocenters. The summed E-state index contributed by atoms with van der Waals surface area (Å²) < 4.78 is 26.1. The van der Waals surface area contributed by atoms with Gasteiger partial charge in [0.1, 0.15) is 5.75 Å². The second-order valence-electron chi connectivity index (χ2n) is 11.9. The highest BCUT2D eigenvalue weighted by Crippen LogP contribution is 2.49. The lowest BCUT2D eigenvalue weighted by atomic mass is 9.83. The summed E-state index contributed by atoms with van der Waals surface area (Å²) in [6.07, 6.45) is 6.58. The van der Waals surface area contributed by atoms with Crippen LogP contribution >= 0.6 is 0 Å². The Hall–Kier alpha value is -2.35. The first-order valence-corrected chi connectivity index (χ1v) is 13.4. The number of halogens is 1. The molecule has 1 aromatic rings. The minimum absolute atomic E-state index is 0.0290. The first-order valence-electron chi connectivity index (χ1n) is 13.4. The Morgan fingerprint density at radius 3 is 2.44 bits per heavy atom. The van der Waals surface area contributed by atoms with Gasteiger partial charge < -0.3 is 25.2 Å². The number of hydrogen-bond donors (Lipinski definition) is 3. The van der Waals surface area contributed by atoms with Crippen molar-refractivity contribution >= 4 is 11.8 Å². The van der Waals surface area contributed by atoms with Gasteiger partial charge in [0, 0.05) is 30.7 Å². The lowest BCUT2D eigenvalue weighted by Gasteiger charge is -2.32. The predicted octanol–water partition coefficient (Wildman–Crippen LogP) is 4.07. The number of carbonyl (C=O) groups excluding carboxylic acids is 2. The number of aliphatic hydroxyl groups is 1. The fourth-order valence-corrected chi connectivity index (χ4v) is 6.10. The average Bonchev–Trinajstić information content (AvgIpc) is 3.47. The maximum Gasteiger partial charge on any atom is 0.255 e. The maximum atomic E-state index is 14.8. The third kappa shape index (κ3) is 5.79. The van der Waals surface area contributed by atoms with Gasteiger partial charge in [0.15, 0.2) is 11.6 Å². The first kappa shape index (κ1) is 26.7. The van der Waals surface area contributed by atoms with Gasteiger partial charge in [-0.15, -0.1) is 0 Å². The van der Waals surface area contributed by atoms with Crippen LogP contribution in [0.3, 0.4) is 0 Å². The van der Waals surface area contributed by atoms with Crippen LogP contribution < -0.4 is 20.1 Å². The number of methoxy groups -OCH3 is 1. The Labute approximate surface area is 213 Å². The number of benzene rings is 1. The minimum Gasteiger partial charge on any atom is -0.496 e. The van der Waals surface area contributed by atoms with E-state index in [1.54, 1.807) is 0 Å². The molecule has 2 amide bonds. The van der Waals surface area contributed by atoms with Gasteiger partial charge in [-0.2, -0.15) is 0 Å². The Morgan fingerprint density at radius 2 is 1.78 bits per heavy atom. The van der Waals surface area contributed by atoms with E-state index in [1.165, 1.54) is 19.2 Å². The van der Waals surface area contributed by atoms with Crippen molar-refractivity contribution in [3.05, 3.63) is 23.5 Å². The maximum absolute atomic E-state index is 14.8. The van der Waals surface area contributed by atoms with Gasteiger partial charge in [-0.3, -0.25) is 9.59 Å². The van der Waals surface area contributed by atoms with E-state index in [0.717, 1.165) is 44.9 Å². The van der Waals surface area contributed by atoms with E-state index in [1.807, 2.05) is 13.8 Å². The van der Waals surface area contributed by atoms with Crippen LogP contribution in [0.4, 0.5) is 4.39 Å². The number of aliphatic hydroxyl groups excluding tert-OH is 1. The van der Waals surface area contributed by atoms with E-state index in [0.29, 0.717) is 12.5 Å². The second-order valence-corrected chi connectivity index (χ2v) is 11.9. The third-order valence-corrected chi connectivity index (χ3v) is 8.44. The molecule has 3 fully saturated rings. The lowest BCUT2D eigenvalue weighted by Crippen LogP contribution is -2.51. The van der Waals surface area contributed by atoms with Crippen LogP contribution in [-0.2, 0) is 4.79 Å². The summed E-state index contributed by atoms with van der Waals surface area (Å²) in [6, 6.07) is 2.35. The number of amides is 2. The van der Waals surface area contributed by atoms with E-state index in [2.05, 4.69) is 17.6 Å². The summed E-state index contributed by atoms with van der Waals surface area (Å²) in [5.74, 6) is -0.0481. The van der Waals surface area contributed by atoms with Crippen molar-refractivity contribution in [2.24, 2.45) is 29.1 Å². The first-order chi connectivity index (χ1) is 17.1. The molecule has 3 N–H and O–H groups in total. The molecule has 4 atom stereocenters. The minimum atomic E-state index is -0.550. The van der Waals surface area contributed by atoms with Crippen molar-refractivity contribution in [2.45, 2.75) is 77.9 Å². The number of carbonyl (C=O) groups is 2. The molecule has 3 aliphatic rings. The number of hydrogen-bond acceptors (Lipinski definition) is 5. The van der Waals surface area contributed by atoms with Crippen LogP contribution in [0.25, 0.3) is 0 Å². The van der Waals surface area contributed by atoms with Crippen molar-refractivity contribution < 1.29 is 28.6 Å². The molecule has 0 spiro atoms. The molecular formula is C28H41FN2O5. The SMILES string of the molecule is COc1cc(F)c(O[C@H]2CC[C@H](C)CC2)cc1C(=O)N[C@@H]1[C@H]2CC[C@H](C2)[C@@H]1C(=O)NCC(C)(C)CO. The van der Waals surface area contributed by atoms with Crippen LogP contribution in [0.15, 0.2) is 12.1 Å². The third-order valence-electron chi connectivity index (χ3n) is 8.44. The molecule has 1 aromatic carbocycles. The molecule has 3 saturated carbocycles. The lowest BCUT2D eigenvalue weighted by molar-refractivity contribution is -0.127. The van der Waals surface area contributed by atoms with Crippen LogP contribution in [0.2, 0.25) is 0 Å². The highest BCUT2D eigenvalue weighted by Gasteiger charge is 2.51. The summed E-state index contributed by atoms with van der Waals surface area (Å²) >= 11 is 0. The van der Waals surface area contributed by atoms with Gasteiger partial charge in [-0.1, -0.05) is 20.8 Å². The van der Waals surface area contributed by atoms with Crippen molar-refractivity contribution in [1.29, 1.82) is 0 Å². The zero-order valence-corrected chi connectivity index (χ0v) is 21.9. The Bertz CT molecular complexity index is 960. The molecule has 2 bridgehead atoms. The molecule has 8 heteroatoms. The topological polar surface area (TPSA) is 96.9 Å². The molecule has 36 heavy (non-hydrogen) atoms. The Balaban J connectivity index is 1.49. The molecule has 3 aliphatic carbocycles. The molecule has 0 radical (unpaired) electrons. The fraction of sp³-hybridized carbons (Fsp3) is 0.714. The van der Waals surface area contributed by atoms with E-state index < -0.39 is 11.2 Å². The quantitative estimate of drug-likeness (QED) is 0.471. The van der Waals surface area contributed by atoms with Crippen LogP contribution in [-0.4, -0.2) is 49.3 Å². The molecule has 7 nitrogen and oxygen atoms in total. The number of fused-ring (bicyclic) bond motifs is 2. The molecule has 0 saturated heterocycles. The van der Waals surface area contributed by atoms with Crippen LogP contribution in [0, 0.1) is 34.9 Å². The molecule has 4 rings (SSSR count). The summed E-state index contributed by atoms with van der Waals surface area (Å²) in [6.45, 7) is 6.33. The predicted molar refractivity (Wildman–Crippen MR) is 134 cm³/mol. The Morgan fingerprint density at radius 1 is 1.08 bits per heavy atom. The van der Waals surface area contributed by atoms with Gasteiger partial charge in [-0.25, -0.2) is 4.39 Å². The molecule has 0 aliphatic heterocycles. The van der Waals surface area contributed by atoms with Gasteiger partial charge in [-0.05, 0) is 68.8 Å². The normalized spacial score (nSPS) is 29.6. The van der Waals surface area contributed by atoms with Gasteiger partial charge in [0.2, 0.25) is 5.91 Å². The average molecular weight is 505 g/mol. The van der Waals surface area contributed by atoms with Crippen molar-refractivity contribution in [3.63, 3.8) is 0 Å². The fourth-order valence-electron chi connectivity index (χ4n) is 6.10. The second kappa shape index (κ2) is 11.0. The summed E-state index contributed by atoms with van der Waals surface area (Å²) in [5.41, 5.74) is -0.207. The molecule has 200 valence electrons. The zero-order chi connectivity index (χ0) is 26.0. The van der Waals surface area contributed by atoms with E-state index >= 15 is 0 Å². The summed E-state index contributed by atoms with van der Waals surface area (Å²) in [4.78, 5) is 26.6. The summed E-state index contributed by atoms with van der Waals surface area (Å²) in [5, 5.41) is 15.6. The van der Waals surface area contributed by atoms with E-state index in [9.17, 15) is 19.1 Å². The number of ether oxygens (including phenoxy) is 2. The van der Waals surface area contributed by atoms with E-state index in [-0.39, 0.29) is 65.4 Å². The largest absolute Gasteiger partial charge is 0.496 e. The number of rotatable bonds is 9. The molecular weight excluding hydrogens is 463 g/mol. The van der Waals surface area contributed by atoms with Gasteiger partial charge in [0.25, 0.3) is 5.91 Å². The van der Waals surface area contributed by atoms with Crippen LogP contribution in [0.1, 0.15) is 76.1 Å². The van der Waals surface area contributed by atoms with Crippen molar-refractivity contribution in [2.75, 3.05) is 20.3 Å². The molecule has 0 heterocycles. The highest BCUT2D eigenvalue weighted by atomic mass is 19.1. The zero-order valence-electron chi connectivity index (χ0n) is 21.9. The van der Waals surface area contributed by atoms with Crippen molar-refractivity contribution in [3.8, 4) is 11.5 Å². The number of nitrogens with one attached hydrogen (secondary N) is 2. The van der Waals surface area contributed by atoms with Gasteiger partial charge >= 0.3 is 0 Å². The van der Waals surface area contributed by atoms with Crippen molar-refractivity contribution in [1.82, 2.24) is 10.6 Å². The Kier molecular flexibility index (Phi) is 8.12. The monoisotopic (exact) mass is 504 g/mol.